The van der Waals surface area contributed by atoms with Gasteiger partial charge in [0, 0.05) is 32.9 Å². The second-order valence-electron chi connectivity index (χ2n) is 13.7. The molecule has 8 aromatic carbocycles. The van der Waals surface area contributed by atoms with E-state index in [0.29, 0.717) is 0 Å². The SMILES string of the molecule is c1ccc(-n2c3ccccc3c3cc(-c4ccc5c(c4)-c4c(cccc4-c4ccc6c(c4)c4ccccc4n6-c4ccccc4)C5)ccc32)cc1. The van der Waals surface area contributed by atoms with Crippen LogP contribution in [0, 0.1) is 0 Å². The van der Waals surface area contributed by atoms with Crippen LogP contribution in [0.3, 0.4) is 0 Å². The minimum Gasteiger partial charge on any atom is -0.309 e. The van der Waals surface area contributed by atoms with Gasteiger partial charge in [-0.1, -0.05) is 115 Å². The molecule has 0 N–H and O–H groups in total. The molecular weight excluding hydrogens is 617 g/mol. The van der Waals surface area contributed by atoms with Crippen LogP contribution in [0.4, 0.5) is 0 Å². The van der Waals surface area contributed by atoms with E-state index in [-0.39, 0.29) is 0 Å². The molecule has 2 heteroatoms. The van der Waals surface area contributed by atoms with Gasteiger partial charge in [0.05, 0.1) is 22.1 Å². The predicted octanol–water partition coefficient (Wildman–Crippen LogP) is 12.8. The van der Waals surface area contributed by atoms with Crippen molar-refractivity contribution < 1.29 is 0 Å². The molecule has 11 rings (SSSR count). The normalized spacial score (nSPS) is 12.2. The van der Waals surface area contributed by atoms with Crippen LogP contribution in [0.15, 0.2) is 182 Å². The average Bonchev–Trinajstić information content (AvgIpc) is 3.85. The van der Waals surface area contributed by atoms with Gasteiger partial charge in [0.2, 0.25) is 0 Å². The molecule has 51 heavy (non-hydrogen) atoms. The number of hydrogen-bond acceptors (Lipinski definition) is 0. The Labute approximate surface area is 296 Å². The van der Waals surface area contributed by atoms with E-state index in [2.05, 4.69) is 191 Å². The van der Waals surface area contributed by atoms with Crippen molar-refractivity contribution in [3.05, 3.63) is 193 Å². The van der Waals surface area contributed by atoms with E-state index in [0.717, 1.165) is 6.42 Å². The lowest BCUT2D eigenvalue weighted by Gasteiger charge is -2.13. The lowest BCUT2D eigenvalue weighted by molar-refractivity contribution is 1.18. The predicted molar refractivity (Wildman–Crippen MR) is 214 cm³/mol. The molecule has 0 fully saturated rings. The summed E-state index contributed by atoms with van der Waals surface area (Å²) in [6.45, 7) is 0. The van der Waals surface area contributed by atoms with E-state index in [1.807, 2.05) is 0 Å². The molecule has 2 aromatic heterocycles. The maximum atomic E-state index is 2.43. The molecule has 0 amide bonds. The monoisotopic (exact) mass is 648 g/mol. The first kappa shape index (κ1) is 28.2. The maximum Gasteiger partial charge on any atom is 0.0541 e. The highest BCUT2D eigenvalue weighted by molar-refractivity contribution is 6.12. The summed E-state index contributed by atoms with van der Waals surface area (Å²) >= 11 is 0. The van der Waals surface area contributed by atoms with Gasteiger partial charge in [0.15, 0.2) is 0 Å². The topological polar surface area (TPSA) is 9.86 Å². The molecule has 0 radical (unpaired) electrons. The van der Waals surface area contributed by atoms with E-state index in [4.69, 9.17) is 0 Å². The third-order valence-electron chi connectivity index (χ3n) is 10.9. The Morgan fingerprint density at radius 2 is 0.824 bits per heavy atom. The van der Waals surface area contributed by atoms with Crippen molar-refractivity contribution in [2.24, 2.45) is 0 Å². The molecule has 0 atom stereocenters. The molecule has 0 aliphatic heterocycles. The molecule has 1 aliphatic rings. The molecule has 2 nitrogen and oxygen atoms in total. The largest absolute Gasteiger partial charge is 0.309 e. The van der Waals surface area contributed by atoms with Gasteiger partial charge in [-0.05, 0) is 118 Å². The van der Waals surface area contributed by atoms with Crippen LogP contribution >= 0.6 is 0 Å². The second kappa shape index (κ2) is 10.9. The van der Waals surface area contributed by atoms with E-state index in [1.54, 1.807) is 0 Å². The molecule has 0 saturated heterocycles. The van der Waals surface area contributed by atoms with Gasteiger partial charge in [0.25, 0.3) is 0 Å². The Morgan fingerprint density at radius 1 is 0.314 bits per heavy atom. The summed E-state index contributed by atoms with van der Waals surface area (Å²) in [5.74, 6) is 0. The Kier molecular flexibility index (Phi) is 6.05. The third-order valence-corrected chi connectivity index (χ3v) is 10.9. The number of nitrogens with zero attached hydrogens (tertiary/aromatic N) is 2. The van der Waals surface area contributed by atoms with E-state index in [1.165, 1.54) is 99.5 Å². The van der Waals surface area contributed by atoms with Gasteiger partial charge in [-0.3, -0.25) is 0 Å². The Morgan fingerprint density at radius 3 is 1.47 bits per heavy atom. The summed E-state index contributed by atoms with van der Waals surface area (Å²) in [6.07, 6.45) is 0.956. The molecule has 0 unspecified atom stereocenters. The van der Waals surface area contributed by atoms with Crippen molar-refractivity contribution in [2.45, 2.75) is 6.42 Å². The molecule has 0 bridgehead atoms. The fourth-order valence-corrected chi connectivity index (χ4v) is 8.66. The maximum absolute atomic E-state index is 2.43. The summed E-state index contributed by atoms with van der Waals surface area (Å²) in [7, 11) is 0. The Hall–Kier alpha value is -6.64. The van der Waals surface area contributed by atoms with E-state index in [9.17, 15) is 0 Å². The molecule has 238 valence electrons. The van der Waals surface area contributed by atoms with Gasteiger partial charge in [-0.2, -0.15) is 0 Å². The zero-order valence-electron chi connectivity index (χ0n) is 27.9. The smallest absolute Gasteiger partial charge is 0.0541 e. The fraction of sp³-hybridized carbons (Fsp3) is 0.0204. The van der Waals surface area contributed by atoms with Crippen molar-refractivity contribution in [1.82, 2.24) is 9.13 Å². The van der Waals surface area contributed by atoms with Crippen molar-refractivity contribution in [3.63, 3.8) is 0 Å². The quantitative estimate of drug-likeness (QED) is 0.180. The van der Waals surface area contributed by atoms with E-state index >= 15 is 0 Å². The molecule has 0 saturated carbocycles. The van der Waals surface area contributed by atoms with Crippen LogP contribution in [0.25, 0.3) is 88.4 Å². The zero-order chi connectivity index (χ0) is 33.5. The van der Waals surface area contributed by atoms with Crippen LogP contribution in [-0.4, -0.2) is 9.13 Å². The van der Waals surface area contributed by atoms with Gasteiger partial charge >= 0.3 is 0 Å². The van der Waals surface area contributed by atoms with Crippen molar-refractivity contribution in [1.29, 1.82) is 0 Å². The number of rotatable bonds is 4. The van der Waals surface area contributed by atoms with Gasteiger partial charge in [-0.15, -0.1) is 0 Å². The van der Waals surface area contributed by atoms with Crippen molar-refractivity contribution >= 4 is 43.6 Å². The Bertz CT molecular complexity index is 2980. The molecule has 2 heterocycles. The average molecular weight is 649 g/mol. The van der Waals surface area contributed by atoms with Crippen molar-refractivity contribution in [3.8, 4) is 44.8 Å². The van der Waals surface area contributed by atoms with Crippen LogP contribution < -0.4 is 0 Å². The summed E-state index contributed by atoms with van der Waals surface area (Å²) in [5.41, 5.74) is 17.8. The summed E-state index contributed by atoms with van der Waals surface area (Å²) in [6, 6.07) is 66.9. The number of hydrogen-bond donors (Lipinski definition) is 0. The number of para-hydroxylation sites is 4. The van der Waals surface area contributed by atoms with Gasteiger partial charge in [0.1, 0.15) is 0 Å². The second-order valence-corrected chi connectivity index (χ2v) is 13.7. The van der Waals surface area contributed by atoms with Gasteiger partial charge in [-0.25, -0.2) is 0 Å². The number of benzene rings is 8. The first-order valence-electron chi connectivity index (χ1n) is 17.7. The first-order valence-corrected chi connectivity index (χ1v) is 17.7. The fourth-order valence-electron chi connectivity index (χ4n) is 8.66. The highest BCUT2D eigenvalue weighted by atomic mass is 15.0. The van der Waals surface area contributed by atoms with Crippen molar-refractivity contribution in [2.75, 3.05) is 0 Å². The highest BCUT2D eigenvalue weighted by Crippen LogP contribution is 2.46. The molecule has 10 aromatic rings. The van der Waals surface area contributed by atoms with Gasteiger partial charge < -0.3 is 9.13 Å². The molecule has 0 spiro atoms. The Balaban J connectivity index is 1.06. The molecule has 1 aliphatic carbocycles. The summed E-state index contributed by atoms with van der Waals surface area (Å²) in [4.78, 5) is 0. The number of aromatic nitrogens is 2. The minimum absolute atomic E-state index is 0.956. The lowest BCUT2D eigenvalue weighted by Crippen LogP contribution is -1.93. The lowest BCUT2D eigenvalue weighted by atomic mass is 9.92. The standard InChI is InChI=1S/C49H32N2/c1-3-13-37(14-4-1)50-45-20-9-7-17-40(45)43-30-33(24-26-47(43)50)32-22-23-34-28-36-12-11-19-39(49(36)42(34)29-32)35-25-27-48-44(31-35)41-18-8-10-21-46(41)51(48)38-15-5-2-6-16-38/h1-27,29-31H,28H2. The minimum atomic E-state index is 0.956. The van der Waals surface area contributed by atoms with Crippen LogP contribution in [-0.2, 0) is 6.42 Å². The van der Waals surface area contributed by atoms with Crippen LogP contribution in [0.5, 0.6) is 0 Å². The van der Waals surface area contributed by atoms with E-state index < -0.39 is 0 Å². The van der Waals surface area contributed by atoms with Crippen LogP contribution in [0.1, 0.15) is 11.1 Å². The summed E-state index contributed by atoms with van der Waals surface area (Å²) < 4.78 is 4.77. The third kappa shape index (κ3) is 4.23. The zero-order valence-corrected chi connectivity index (χ0v) is 27.9. The first-order chi connectivity index (χ1) is 25.3. The number of fused-ring (bicyclic) bond motifs is 9. The summed E-state index contributed by atoms with van der Waals surface area (Å²) in [5, 5.41) is 5.10. The molecular formula is C49H32N2. The highest BCUT2D eigenvalue weighted by Gasteiger charge is 2.24. The van der Waals surface area contributed by atoms with Crippen LogP contribution in [0.2, 0.25) is 0 Å².